The number of benzene rings is 3. The highest BCUT2D eigenvalue weighted by Gasteiger charge is 2.54. The number of nitrogens with two attached hydrogens (primary N) is 2. The van der Waals surface area contributed by atoms with Crippen molar-refractivity contribution in [1.29, 1.82) is 0 Å². The van der Waals surface area contributed by atoms with Gasteiger partial charge < -0.3 is 49.6 Å². The fourth-order valence-electron chi connectivity index (χ4n) is 8.89. The van der Waals surface area contributed by atoms with E-state index in [9.17, 15) is 9.59 Å². The molecule has 1 saturated heterocycles. The van der Waals surface area contributed by atoms with Gasteiger partial charge in [-0.15, -0.1) is 0 Å². The summed E-state index contributed by atoms with van der Waals surface area (Å²) >= 11 is 0. The first-order valence-electron chi connectivity index (χ1n) is 19.0. The van der Waals surface area contributed by atoms with E-state index in [1.54, 1.807) is 26.4 Å². The van der Waals surface area contributed by atoms with Crippen LogP contribution in [0.15, 0.2) is 60.7 Å². The van der Waals surface area contributed by atoms with Gasteiger partial charge in [0.2, 0.25) is 17.6 Å². The van der Waals surface area contributed by atoms with E-state index in [1.807, 2.05) is 42.5 Å². The third-order valence-electron chi connectivity index (χ3n) is 11.5. The monoisotopic (exact) mass is 795 g/mol. The lowest BCUT2D eigenvalue weighted by molar-refractivity contribution is -0.176. The van der Waals surface area contributed by atoms with Crippen LogP contribution >= 0.6 is 0 Å². The number of nitrogen functional groups attached to an aromatic ring is 2. The fraction of sp³-hybridized carbons (Fsp3) is 0.405. The second-order valence-electron chi connectivity index (χ2n) is 14.4. The molecule has 306 valence electrons. The summed E-state index contributed by atoms with van der Waals surface area (Å²) in [4.78, 5) is 44.8. The van der Waals surface area contributed by atoms with Crippen LogP contribution in [0.1, 0.15) is 40.5 Å². The molecule has 1 aliphatic carbocycles. The minimum atomic E-state index is -0.670. The van der Waals surface area contributed by atoms with Gasteiger partial charge in [-0.3, -0.25) is 9.69 Å². The highest BCUT2D eigenvalue weighted by molar-refractivity contribution is 5.91. The number of rotatable bonds is 9. The topological polar surface area (TPSA) is 208 Å². The fourth-order valence-corrected chi connectivity index (χ4v) is 8.89. The van der Waals surface area contributed by atoms with Crippen LogP contribution in [0.4, 0.5) is 11.9 Å². The second kappa shape index (κ2) is 17.2. The van der Waals surface area contributed by atoms with Crippen molar-refractivity contribution in [2.75, 3.05) is 67.2 Å². The maximum atomic E-state index is 13.5. The lowest BCUT2D eigenvalue weighted by Crippen LogP contribution is -2.58. The van der Waals surface area contributed by atoms with Gasteiger partial charge in [0.05, 0.1) is 53.1 Å². The Morgan fingerprint density at radius 3 is 2.16 bits per heavy atom. The van der Waals surface area contributed by atoms with Crippen molar-refractivity contribution in [3.8, 4) is 34.4 Å². The van der Waals surface area contributed by atoms with Crippen LogP contribution in [0, 0.1) is 17.8 Å². The molecule has 58 heavy (non-hydrogen) atoms. The molecule has 0 unspecified atom stereocenters. The van der Waals surface area contributed by atoms with E-state index in [4.69, 9.17) is 44.6 Å². The number of esters is 2. The predicted octanol–water partition coefficient (Wildman–Crippen LogP) is 4.87. The predicted molar refractivity (Wildman–Crippen MR) is 215 cm³/mol. The third-order valence-corrected chi connectivity index (χ3v) is 11.5. The summed E-state index contributed by atoms with van der Waals surface area (Å²) in [5.74, 6) is 1.21. The standard InChI is InChI=1S/C33H40N2O9.C9H9N5/c1-38-19-7-8-20-21-9-10-35-16-18-13-27(44-32(36)17-11-25(39-2)30(41-4)26(12-17)40-3)31(42-5)28(33(37)43-6)22(18)15-24(35)29(21)34-23(20)14-19;10-8-12-7(13-9(11)14-8)6-4-2-1-3-5-6/h7-8,11-12,14,18,22,24,27-28,31,34H,9-10,13,15-16H2,1-6H3;1-5H,(H4,10,11,12,13,14)/t18-,22+,24-,27-,28+,31+;/m1./s1. The Morgan fingerprint density at radius 2 is 1.53 bits per heavy atom. The highest BCUT2D eigenvalue weighted by atomic mass is 16.6. The molecule has 0 radical (unpaired) electrons. The number of piperidine rings is 1. The molecular formula is C42H49N7O9. The van der Waals surface area contributed by atoms with E-state index in [0.717, 1.165) is 42.8 Å². The Labute approximate surface area is 336 Å². The molecule has 6 atom stereocenters. The molecule has 16 heteroatoms. The van der Waals surface area contributed by atoms with Crippen LogP contribution in [-0.2, 0) is 25.4 Å². The molecule has 3 aliphatic rings. The number of hydrogen-bond acceptors (Lipinski definition) is 15. The molecule has 3 aromatic carbocycles. The number of carbonyl (C=O) groups excluding carboxylic acids is 2. The van der Waals surface area contributed by atoms with E-state index in [1.165, 1.54) is 45.1 Å². The van der Waals surface area contributed by atoms with E-state index in [0.29, 0.717) is 29.5 Å². The average molecular weight is 796 g/mol. The smallest absolute Gasteiger partial charge is 0.338 e. The lowest BCUT2D eigenvalue weighted by atomic mass is 9.63. The molecule has 5 aromatic rings. The van der Waals surface area contributed by atoms with Crippen LogP contribution in [0.2, 0.25) is 0 Å². The van der Waals surface area contributed by atoms with Crippen molar-refractivity contribution in [2.45, 2.75) is 37.5 Å². The van der Waals surface area contributed by atoms with E-state index in [2.05, 4.69) is 30.9 Å². The molecule has 5 N–H and O–H groups in total. The molecule has 2 fully saturated rings. The Morgan fingerprint density at radius 1 is 0.828 bits per heavy atom. The molecule has 2 aliphatic heterocycles. The van der Waals surface area contributed by atoms with Gasteiger partial charge in [-0.25, -0.2) is 4.79 Å². The number of methoxy groups -OCH3 is 6. The minimum Gasteiger partial charge on any atom is -0.497 e. The SMILES string of the molecule is COC(=O)[C@H]1[C@H]2C[C@@H]3c4[nH]c5cc(OC)ccc5c4CCN3C[C@H]2C[C@@H](OC(=O)c2cc(OC)c(OC)c(OC)c2)[C@@H]1OC.Nc1nc(N)nc(-c2ccccc2)n1. The Hall–Kier alpha value is -6.13. The summed E-state index contributed by atoms with van der Waals surface area (Å²) in [6.07, 6.45) is 0.920. The number of nitrogens with one attached hydrogen (secondary N) is 1. The van der Waals surface area contributed by atoms with Gasteiger partial charge in [-0.2, -0.15) is 15.0 Å². The lowest BCUT2D eigenvalue weighted by Gasteiger charge is -2.52. The number of ether oxygens (including phenoxy) is 7. The zero-order chi connectivity index (χ0) is 41.1. The number of H-pyrrole nitrogens is 1. The van der Waals surface area contributed by atoms with Crippen molar-refractivity contribution in [2.24, 2.45) is 17.8 Å². The molecule has 4 heterocycles. The van der Waals surface area contributed by atoms with Gasteiger partial charge in [-0.1, -0.05) is 30.3 Å². The molecule has 1 saturated carbocycles. The Bertz CT molecular complexity index is 2220. The average Bonchev–Trinajstić information content (AvgIpc) is 3.63. The molecule has 0 bridgehead atoms. The van der Waals surface area contributed by atoms with Gasteiger partial charge in [0.1, 0.15) is 18.0 Å². The van der Waals surface area contributed by atoms with Gasteiger partial charge in [0, 0.05) is 48.4 Å². The van der Waals surface area contributed by atoms with Crippen molar-refractivity contribution < 1.29 is 42.7 Å². The quantitative estimate of drug-likeness (QED) is 0.170. The first-order chi connectivity index (χ1) is 28.1. The zero-order valence-electron chi connectivity index (χ0n) is 33.4. The maximum Gasteiger partial charge on any atom is 0.338 e. The molecule has 2 aromatic heterocycles. The second-order valence-corrected chi connectivity index (χ2v) is 14.4. The van der Waals surface area contributed by atoms with Crippen LogP contribution in [0.25, 0.3) is 22.3 Å². The van der Waals surface area contributed by atoms with Crippen molar-refractivity contribution in [3.63, 3.8) is 0 Å². The number of aromatic amines is 1. The first-order valence-corrected chi connectivity index (χ1v) is 19.0. The third kappa shape index (κ3) is 7.76. The number of anilines is 2. The van der Waals surface area contributed by atoms with Crippen LogP contribution in [0.3, 0.4) is 0 Å². The van der Waals surface area contributed by atoms with E-state index >= 15 is 0 Å². The summed E-state index contributed by atoms with van der Waals surface area (Å²) < 4.78 is 39.1. The summed E-state index contributed by atoms with van der Waals surface area (Å²) in [6.45, 7) is 1.68. The summed E-state index contributed by atoms with van der Waals surface area (Å²) in [5, 5.41) is 1.21. The number of hydrogen-bond donors (Lipinski definition) is 3. The summed E-state index contributed by atoms with van der Waals surface area (Å²) in [6, 6.07) is 18.9. The Balaban J connectivity index is 0.000000307. The van der Waals surface area contributed by atoms with Gasteiger partial charge >= 0.3 is 11.9 Å². The van der Waals surface area contributed by atoms with Crippen molar-refractivity contribution in [3.05, 3.63) is 77.5 Å². The molecule has 8 rings (SSSR count). The molecule has 0 amide bonds. The van der Waals surface area contributed by atoms with Crippen LogP contribution < -0.4 is 30.4 Å². The molecular weight excluding hydrogens is 747 g/mol. The van der Waals surface area contributed by atoms with Gasteiger partial charge in [-0.05, 0) is 60.9 Å². The maximum absolute atomic E-state index is 13.5. The largest absolute Gasteiger partial charge is 0.497 e. The number of nitrogens with zero attached hydrogens (tertiary/aromatic N) is 4. The van der Waals surface area contributed by atoms with E-state index < -0.39 is 24.1 Å². The van der Waals surface area contributed by atoms with Crippen LogP contribution in [-0.4, -0.2) is 105 Å². The van der Waals surface area contributed by atoms with Gasteiger partial charge in [0.15, 0.2) is 17.3 Å². The summed E-state index contributed by atoms with van der Waals surface area (Å²) in [5.41, 5.74) is 15.6. The number of fused-ring (bicyclic) bond motifs is 6. The van der Waals surface area contributed by atoms with Crippen molar-refractivity contribution >= 4 is 34.7 Å². The molecule has 16 nitrogen and oxygen atoms in total. The van der Waals surface area contributed by atoms with Crippen LogP contribution in [0.5, 0.6) is 23.0 Å². The number of carbonyl (C=O) groups is 2. The zero-order valence-corrected chi connectivity index (χ0v) is 33.4. The summed E-state index contributed by atoms with van der Waals surface area (Å²) in [7, 11) is 9.10. The van der Waals surface area contributed by atoms with Crippen molar-refractivity contribution in [1.82, 2.24) is 24.8 Å². The van der Waals surface area contributed by atoms with Gasteiger partial charge in [0.25, 0.3) is 0 Å². The van der Waals surface area contributed by atoms with E-state index in [-0.39, 0.29) is 41.3 Å². The minimum absolute atomic E-state index is 0.0170. The molecule has 0 spiro atoms. The normalized spacial score (nSPS) is 22.2. The number of aromatic nitrogens is 4. The highest BCUT2D eigenvalue weighted by Crippen LogP contribution is 2.51. The Kier molecular flexibility index (Phi) is 11.9. The first kappa shape index (κ1) is 40.1.